The van der Waals surface area contributed by atoms with Crippen LogP contribution in [-0.4, -0.2) is 33.4 Å². The summed E-state index contributed by atoms with van der Waals surface area (Å²) in [6.07, 6.45) is 1.90. The summed E-state index contributed by atoms with van der Waals surface area (Å²) < 4.78 is 21.1. The van der Waals surface area contributed by atoms with E-state index in [0.29, 0.717) is 16.9 Å². The van der Waals surface area contributed by atoms with Crippen LogP contribution in [0.3, 0.4) is 0 Å². The number of carbonyl (C=O) groups is 2. The highest BCUT2D eigenvalue weighted by Crippen LogP contribution is 2.44. The van der Waals surface area contributed by atoms with Crippen LogP contribution in [0.4, 0.5) is 4.39 Å². The topological polar surface area (TPSA) is 71.8 Å². The second-order valence-electron chi connectivity index (χ2n) is 10.3. The number of amides is 1. The van der Waals surface area contributed by atoms with E-state index in [2.05, 4.69) is 0 Å². The van der Waals surface area contributed by atoms with Gasteiger partial charge in [0.2, 0.25) is 0 Å². The molecule has 5 rings (SSSR count). The lowest BCUT2D eigenvalue weighted by Gasteiger charge is -2.25. The molecular weight excluding hydrogens is 495 g/mol. The first-order chi connectivity index (χ1) is 18.6. The number of aliphatic hydroxyl groups excluding tert-OH is 1. The number of hydrogen-bond donors (Lipinski definition) is 1. The number of hydrogen-bond acceptors (Lipinski definition) is 4. The second-order valence-corrected chi connectivity index (χ2v) is 10.3. The number of carbonyl (C=O) groups excluding carboxylic acids is 2. The number of aromatic nitrogens is 1. The molecule has 200 valence electrons. The number of methoxy groups -OCH3 is 1. The van der Waals surface area contributed by atoms with Gasteiger partial charge in [-0.15, -0.1) is 0 Å². The Labute approximate surface area is 226 Å². The molecule has 39 heavy (non-hydrogen) atoms. The molecule has 0 saturated carbocycles. The number of ketones is 1. The van der Waals surface area contributed by atoms with Crippen LogP contribution in [-0.2, 0) is 23.2 Å². The van der Waals surface area contributed by atoms with Crippen LogP contribution in [0.25, 0.3) is 16.7 Å². The number of para-hydroxylation sites is 1. The normalized spacial score (nSPS) is 17.0. The highest BCUT2D eigenvalue weighted by molar-refractivity contribution is 6.46. The number of Topliss-reactive ketones (excluding diaryl/α,β-unsaturated/α-hetero) is 1. The van der Waals surface area contributed by atoms with Gasteiger partial charge in [0.15, 0.2) is 0 Å². The Bertz CT molecular complexity index is 1630. The number of nitrogens with zero attached hydrogens (tertiary/aromatic N) is 2. The van der Waals surface area contributed by atoms with Gasteiger partial charge in [-0.05, 0) is 59.9 Å². The Hall–Kier alpha value is -4.39. The van der Waals surface area contributed by atoms with Crippen LogP contribution in [0.2, 0.25) is 0 Å². The fraction of sp³-hybridized carbons (Fsp3) is 0.250. The Kier molecular flexibility index (Phi) is 6.76. The Balaban J connectivity index is 1.75. The van der Waals surface area contributed by atoms with Gasteiger partial charge in [-0.3, -0.25) is 9.59 Å². The molecule has 0 radical (unpaired) electrons. The molecule has 1 saturated heterocycles. The average molecular weight is 527 g/mol. The highest BCUT2D eigenvalue weighted by Gasteiger charge is 2.47. The summed E-state index contributed by atoms with van der Waals surface area (Å²) in [6.45, 7) is 5.96. The molecule has 6 nitrogen and oxygen atoms in total. The van der Waals surface area contributed by atoms with E-state index in [4.69, 9.17) is 4.74 Å². The number of benzene rings is 3. The van der Waals surface area contributed by atoms with Crippen LogP contribution in [0, 0.1) is 12.7 Å². The molecule has 1 aliphatic rings. The third-order valence-corrected chi connectivity index (χ3v) is 7.48. The van der Waals surface area contributed by atoms with Crippen molar-refractivity contribution in [2.45, 2.75) is 39.3 Å². The average Bonchev–Trinajstić information content (AvgIpc) is 3.37. The first-order valence-electron chi connectivity index (χ1n) is 12.9. The maximum Gasteiger partial charge on any atom is 0.295 e. The summed E-state index contributed by atoms with van der Waals surface area (Å²) in [6, 6.07) is 16.4. The molecule has 4 aromatic rings. The Morgan fingerprint density at radius 2 is 1.77 bits per heavy atom. The molecule has 0 spiro atoms. The number of rotatable bonds is 6. The molecule has 1 amide bonds. The first-order valence-corrected chi connectivity index (χ1v) is 12.9. The summed E-state index contributed by atoms with van der Waals surface area (Å²) in [5.74, 6) is -1.29. The van der Waals surface area contributed by atoms with Gasteiger partial charge in [0.1, 0.15) is 17.3 Å². The number of halogens is 1. The number of ether oxygens (including phenoxy) is 1. The van der Waals surface area contributed by atoms with Crippen molar-refractivity contribution < 1.29 is 23.8 Å². The van der Waals surface area contributed by atoms with Crippen LogP contribution < -0.4 is 4.74 Å². The van der Waals surface area contributed by atoms with E-state index >= 15 is 0 Å². The maximum atomic E-state index is 13.7. The van der Waals surface area contributed by atoms with Crippen molar-refractivity contribution in [3.8, 4) is 5.75 Å². The van der Waals surface area contributed by atoms with E-state index in [1.807, 2.05) is 75.0 Å². The van der Waals surface area contributed by atoms with E-state index in [9.17, 15) is 19.1 Å². The summed E-state index contributed by atoms with van der Waals surface area (Å²) in [5.41, 5.74) is 4.44. The van der Waals surface area contributed by atoms with Crippen molar-refractivity contribution in [3.05, 3.63) is 106 Å². The lowest BCUT2D eigenvalue weighted by Crippen LogP contribution is -2.29. The van der Waals surface area contributed by atoms with Crippen molar-refractivity contribution in [2.75, 3.05) is 7.11 Å². The van der Waals surface area contributed by atoms with Gasteiger partial charge >= 0.3 is 0 Å². The molecule has 1 atom stereocenters. The predicted molar refractivity (Wildman–Crippen MR) is 149 cm³/mol. The van der Waals surface area contributed by atoms with E-state index in [-0.39, 0.29) is 29.6 Å². The van der Waals surface area contributed by atoms with Crippen molar-refractivity contribution in [3.63, 3.8) is 0 Å². The zero-order valence-corrected chi connectivity index (χ0v) is 22.7. The minimum Gasteiger partial charge on any atom is -0.507 e. The summed E-state index contributed by atoms with van der Waals surface area (Å²) in [5, 5.41) is 12.6. The smallest absolute Gasteiger partial charge is 0.295 e. The molecule has 1 aliphatic heterocycles. The van der Waals surface area contributed by atoms with Gasteiger partial charge in [0.25, 0.3) is 11.7 Å². The minimum atomic E-state index is -0.842. The maximum absolute atomic E-state index is 13.7. The number of aliphatic hydroxyl groups is 1. The lowest BCUT2D eigenvalue weighted by atomic mass is 9.91. The molecular formula is C32H31FN2O4. The molecule has 1 fully saturated rings. The van der Waals surface area contributed by atoms with Gasteiger partial charge in [0, 0.05) is 41.8 Å². The molecule has 1 unspecified atom stereocenters. The van der Waals surface area contributed by atoms with Crippen molar-refractivity contribution in [1.29, 1.82) is 0 Å². The van der Waals surface area contributed by atoms with Gasteiger partial charge in [-0.2, -0.15) is 0 Å². The highest BCUT2D eigenvalue weighted by atomic mass is 19.1. The van der Waals surface area contributed by atoms with E-state index < -0.39 is 17.7 Å². The monoisotopic (exact) mass is 526 g/mol. The van der Waals surface area contributed by atoms with Crippen molar-refractivity contribution >= 4 is 28.4 Å². The van der Waals surface area contributed by atoms with E-state index in [0.717, 1.165) is 27.6 Å². The molecule has 7 heteroatoms. The fourth-order valence-corrected chi connectivity index (χ4v) is 5.47. The summed E-state index contributed by atoms with van der Waals surface area (Å²) in [7, 11) is 3.50. The largest absolute Gasteiger partial charge is 0.507 e. The Morgan fingerprint density at radius 1 is 1.08 bits per heavy atom. The zero-order chi connectivity index (χ0) is 28.0. The van der Waals surface area contributed by atoms with Gasteiger partial charge in [0.05, 0.1) is 18.7 Å². The van der Waals surface area contributed by atoms with Crippen LogP contribution >= 0.6 is 0 Å². The third-order valence-electron chi connectivity index (χ3n) is 7.48. The van der Waals surface area contributed by atoms with Gasteiger partial charge in [-0.25, -0.2) is 4.39 Å². The third kappa shape index (κ3) is 4.48. The molecule has 1 N–H and O–H groups in total. The molecule has 1 aromatic heterocycles. The number of fused-ring (bicyclic) bond motifs is 1. The Morgan fingerprint density at radius 3 is 2.44 bits per heavy atom. The van der Waals surface area contributed by atoms with Crippen molar-refractivity contribution in [2.24, 2.45) is 7.05 Å². The number of aryl methyl sites for hydroxylation is 2. The van der Waals surface area contributed by atoms with Gasteiger partial charge < -0.3 is 19.3 Å². The summed E-state index contributed by atoms with van der Waals surface area (Å²) >= 11 is 0. The standard InChI is InChI=1S/C32H31FN2O4/c1-18(2)23-15-24(19(3)14-27(23)39-5)30(36)28-29(25-17-34(4)26-9-7-6-8-22(25)26)35(32(38)31(28)37)16-20-10-12-21(33)13-11-20/h6-15,17-18,29,36H,16H2,1-5H3/b30-28+. The molecule has 2 heterocycles. The SMILES string of the molecule is COc1cc(C)c(/C(O)=C2\C(=O)C(=O)N(Cc3ccc(F)cc3)C2c2cn(C)c3ccccc23)cc1C(C)C. The van der Waals surface area contributed by atoms with Crippen LogP contribution in [0.5, 0.6) is 5.75 Å². The fourth-order valence-electron chi connectivity index (χ4n) is 5.47. The van der Waals surface area contributed by atoms with Gasteiger partial charge in [-0.1, -0.05) is 44.2 Å². The zero-order valence-electron chi connectivity index (χ0n) is 22.7. The lowest BCUT2D eigenvalue weighted by molar-refractivity contribution is -0.140. The summed E-state index contributed by atoms with van der Waals surface area (Å²) in [4.78, 5) is 28.7. The minimum absolute atomic E-state index is 0.0291. The molecule has 0 aliphatic carbocycles. The van der Waals surface area contributed by atoms with Crippen molar-refractivity contribution in [1.82, 2.24) is 9.47 Å². The quantitative estimate of drug-likeness (QED) is 0.180. The molecule has 3 aromatic carbocycles. The second kappa shape index (κ2) is 10.1. The van der Waals surface area contributed by atoms with E-state index in [1.54, 1.807) is 19.2 Å². The van der Waals surface area contributed by atoms with E-state index in [1.165, 1.54) is 17.0 Å². The number of likely N-dealkylation sites (tertiary alicyclic amines) is 1. The molecule has 0 bridgehead atoms. The first kappa shape index (κ1) is 26.2. The van der Waals surface area contributed by atoms with Crippen LogP contribution in [0.1, 0.15) is 53.6 Å². The van der Waals surface area contributed by atoms with Crippen LogP contribution in [0.15, 0.2) is 72.4 Å². The predicted octanol–water partition coefficient (Wildman–Crippen LogP) is 6.38.